The van der Waals surface area contributed by atoms with Crippen LogP contribution in [-0.4, -0.2) is 44.9 Å². The van der Waals surface area contributed by atoms with Gasteiger partial charge in [0.25, 0.3) is 0 Å². The Kier molecular flexibility index (Phi) is 7.97. The second kappa shape index (κ2) is 10.5. The molecule has 31 heavy (non-hydrogen) atoms. The highest BCUT2D eigenvalue weighted by Gasteiger charge is 2.31. The lowest BCUT2D eigenvalue weighted by Gasteiger charge is -2.30. The zero-order valence-electron chi connectivity index (χ0n) is 17.9. The number of hydrogen-bond acceptors (Lipinski definition) is 4. The van der Waals surface area contributed by atoms with Gasteiger partial charge in [0, 0.05) is 24.0 Å². The fourth-order valence-electron chi connectivity index (χ4n) is 3.62. The van der Waals surface area contributed by atoms with Crippen molar-refractivity contribution in [1.82, 2.24) is 9.62 Å². The molecule has 1 aliphatic heterocycles. The standard InChI is InChI=1S/C23H29ClN2O4S/c1-17-6-7-22(14-18(17)2)30-13-10-25-23(27)20-8-11-26(12-9-20)31(28,29)16-19-4-3-5-21(24)15-19/h3-7,14-15,20H,8-13,16H2,1-2H3,(H,25,27). The smallest absolute Gasteiger partial charge is 0.223 e. The van der Waals surface area contributed by atoms with Crippen LogP contribution in [-0.2, 0) is 20.6 Å². The van der Waals surface area contributed by atoms with E-state index < -0.39 is 10.0 Å². The Morgan fingerprint density at radius 1 is 1.13 bits per heavy atom. The van der Waals surface area contributed by atoms with Gasteiger partial charge in [0.1, 0.15) is 12.4 Å². The van der Waals surface area contributed by atoms with Crippen LogP contribution < -0.4 is 10.1 Å². The molecular formula is C23H29ClN2O4S. The molecule has 3 rings (SSSR count). The van der Waals surface area contributed by atoms with Crippen LogP contribution in [0.2, 0.25) is 5.02 Å². The van der Waals surface area contributed by atoms with Gasteiger partial charge in [0.2, 0.25) is 15.9 Å². The summed E-state index contributed by atoms with van der Waals surface area (Å²) in [5.41, 5.74) is 3.04. The second-order valence-corrected chi connectivity index (χ2v) is 10.4. The number of nitrogens with zero attached hydrogens (tertiary/aromatic N) is 1. The van der Waals surface area contributed by atoms with Crippen LogP contribution in [0.4, 0.5) is 0 Å². The van der Waals surface area contributed by atoms with E-state index in [2.05, 4.69) is 5.32 Å². The molecule has 1 heterocycles. The number of hydrogen-bond donors (Lipinski definition) is 1. The molecule has 168 valence electrons. The fraction of sp³-hybridized carbons (Fsp3) is 0.435. The van der Waals surface area contributed by atoms with Crippen LogP contribution in [0.25, 0.3) is 0 Å². The number of sulfonamides is 1. The van der Waals surface area contributed by atoms with Crippen LogP contribution in [0.5, 0.6) is 5.75 Å². The lowest BCUT2D eigenvalue weighted by atomic mass is 9.97. The minimum absolute atomic E-state index is 0.0458. The maximum absolute atomic E-state index is 12.7. The van der Waals surface area contributed by atoms with Crippen molar-refractivity contribution in [3.05, 3.63) is 64.2 Å². The summed E-state index contributed by atoms with van der Waals surface area (Å²) >= 11 is 5.95. The molecular weight excluding hydrogens is 436 g/mol. The molecule has 0 unspecified atom stereocenters. The Bertz CT molecular complexity index is 1020. The first-order valence-corrected chi connectivity index (χ1v) is 12.4. The topological polar surface area (TPSA) is 75.7 Å². The third-order valence-corrected chi connectivity index (χ3v) is 7.69. The zero-order chi connectivity index (χ0) is 22.4. The molecule has 1 N–H and O–H groups in total. The van der Waals surface area contributed by atoms with Crippen LogP contribution in [0, 0.1) is 19.8 Å². The molecule has 0 atom stereocenters. The van der Waals surface area contributed by atoms with Gasteiger partial charge in [-0.2, -0.15) is 0 Å². The van der Waals surface area contributed by atoms with Gasteiger partial charge in [0.05, 0.1) is 12.3 Å². The molecule has 1 amide bonds. The molecule has 8 heteroatoms. The number of nitrogens with one attached hydrogen (secondary N) is 1. The van der Waals surface area contributed by atoms with E-state index in [1.165, 1.54) is 15.4 Å². The maximum atomic E-state index is 12.7. The SMILES string of the molecule is Cc1ccc(OCCNC(=O)C2CCN(S(=O)(=O)Cc3cccc(Cl)c3)CC2)cc1C. The number of piperidine rings is 1. The van der Waals surface area contributed by atoms with Crippen molar-refractivity contribution in [3.63, 3.8) is 0 Å². The van der Waals surface area contributed by atoms with Crippen molar-refractivity contribution in [2.45, 2.75) is 32.4 Å². The van der Waals surface area contributed by atoms with Crippen molar-refractivity contribution < 1.29 is 17.9 Å². The third kappa shape index (κ3) is 6.69. The highest BCUT2D eigenvalue weighted by Crippen LogP contribution is 2.23. The Balaban J connectivity index is 1.41. The van der Waals surface area contributed by atoms with E-state index >= 15 is 0 Å². The first-order chi connectivity index (χ1) is 14.7. The first-order valence-electron chi connectivity index (χ1n) is 10.4. The van der Waals surface area contributed by atoms with Gasteiger partial charge in [-0.05, 0) is 67.6 Å². The van der Waals surface area contributed by atoms with Gasteiger partial charge in [-0.15, -0.1) is 0 Å². The second-order valence-electron chi connectivity index (χ2n) is 7.95. The number of rotatable bonds is 8. The number of halogens is 1. The van der Waals surface area contributed by atoms with Crippen LogP contribution >= 0.6 is 11.6 Å². The Morgan fingerprint density at radius 2 is 1.87 bits per heavy atom. The summed E-state index contributed by atoms with van der Waals surface area (Å²) in [5.74, 6) is 0.477. The van der Waals surface area contributed by atoms with Crippen molar-refractivity contribution >= 4 is 27.5 Å². The summed E-state index contributed by atoms with van der Waals surface area (Å²) in [4.78, 5) is 12.4. The number of ether oxygens (including phenoxy) is 1. The van der Waals surface area contributed by atoms with Crippen molar-refractivity contribution in [2.24, 2.45) is 5.92 Å². The van der Waals surface area contributed by atoms with E-state index in [1.54, 1.807) is 24.3 Å². The minimum Gasteiger partial charge on any atom is -0.492 e. The number of aryl methyl sites for hydroxylation is 2. The maximum Gasteiger partial charge on any atom is 0.223 e. The van der Waals surface area contributed by atoms with Gasteiger partial charge in [-0.3, -0.25) is 4.79 Å². The average molecular weight is 465 g/mol. The average Bonchev–Trinajstić information content (AvgIpc) is 2.73. The predicted octanol–water partition coefficient (Wildman–Crippen LogP) is 3.69. The molecule has 0 bridgehead atoms. The van der Waals surface area contributed by atoms with Crippen molar-refractivity contribution in [1.29, 1.82) is 0 Å². The summed E-state index contributed by atoms with van der Waals surface area (Å²) in [5, 5.41) is 3.42. The quantitative estimate of drug-likeness (QED) is 0.604. The molecule has 1 fully saturated rings. The Hall–Kier alpha value is -2.09. The van der Waals surface area contributed by atoms with E-state index in [0.29, 0.717) is 49.7 Å². The van der Waals surface area contributed by atoms with E-state index in [0.717, 1.165) is 5.75 Å². The molecule has 0 aliphatic carbocycles. The normalized spacial score (nSPS) is 15.6. The molecule has 0 saturated carbocycles. The van der Waals surface area contributed by atoms with E-state index in [-0.39, 0.29) is 17.6 Å². The summed E-state index contributed by atoms with van der Waals surface area (Å²) < 4.78 is 32.6. The van der Waals surface area contributed by atoms with Crippen molar-refractivity contribution in [2.75, 3.05) is 26.2 Å². The van der Waals surface area contributed by atoms with E-state index in [1.807, 2.05) is 32.0 Å². The van der Waals surface area contributed by atoms with E-state index in [4.69, 9.17) is 16.3 Å². The fourth-order valence-corrected chi connectivity index (χ4v) is 5.38. The van der Waals surface area contributed by atoms with Gasteiger partial charge < -0.3 is 10.1 Å². The molecule has 6 nitrogen and oxygen atoms in total. The van der Waals surface area contributed by atoms with Crippen molar-refractivity contribution in [3.8, 4) is 5.75 Å². The number of benzene rings is 2. The van der Waals surface area contributed by atoms with Gasteiger partial charge in [0.15, 0.2) is 0 Å². The van der Waals surface area contributed by atoms with Crippen LogP contribution in [0.15, 0.2) is 42.5 Å². The minimum atomic E-state index is -3.44. The van der Waals surface area contributed by atoms with Crippen LogP contribution in [0.3, 0.4) is 0 Å². The molecule has 1 aliphatic rings. The summed E-state index contributed by atoms with van der Waals surface area (Å²) in [6, 6.07) is 12.8. The molecule has 2 aromatic rings. The molecule has 0 aromatic heterocycles. The zero-order valence-corrected chi connectivity index (χ0v) is 19.5. The highest BCUT2D eigenvalue weighted by atomic mass is 35.5. The van der Waals surface area contributed by atoms with E-state index in [9.17, 15) is 13.2 Å². The molecule has 1 saturated heterocycles. The lowest BCUT2D eigenvalue weighted by Crippen LogP contribution is -2.43. The summed E-state index contributed by atoms with van der Waals surface area (Å²) in [6.45, 7) is 5.58. The summed E-state index contributed by atoms with van der Waals surface area (Å²) in [7, 11) is -3.44. The molecule has 0 radical (unpaired) electrons. The molecule has 0 spiro atoms. The monoisotopic (exact) mass is 464 g/mol. The number of carbonyl (C=O) groups is 1. The third-order valence-electron chi connectivity index (χ3n) is 5.60. The Labute approximate surface area is 189 Å². The van der Waals surface area contributed by atoms with Gasteiger partial charge >= 0.3 is 0 Å². The van der Waals surface area contributed by atoms with Gasteiger partial charge in [-0.25, -0.2) is 12.7 Å². The Morgan fingerprint density at radius 3 is 2.55 bits per heavy atom. The number of carbonyl (C=O) groups excluding carboxylic acids is 1. The summed E-state index contributed by atoms with van der Waals surface area (Å²) in [6.07, 6.45) is 1.03. The highest BCUT2D eigenvalue weighted by molar-refractivity contribution is 7.88. The van der Waals surface area contributed by atoms with Gasteiger partial charge in [-0.1, -0.05) is 29.8 Å². The lowest BCUT2D eigenvalue weighted by molar-refractivity contribution is -0.126. The number of amides is 1. The largest absolute Gasteiger partial charge is 0.492 e. The van der Waals surface area contributed by atoms with Crippen LogP contribution in [0.1, 0.15) is 29.5 Å². The predicted molar refractivity (Wildman–Crippen MR) is 123 cm³/mol. The first kappa shape index (κ1) is 23.6. The molecule has 2 aromatic carbocycles.